The molecule has 1 aliphatic carbocycles. The number of nitrogens with one attached hydrogen (secondary N) is 2. The van der Waals surface area contributed by atoms with Crippen LogP contribution in [0.3, 0.4) is 0 Å². The average Bonchev–Trinajstić information content (AvgIpc) is 3.10. The van der Waals surface area contributed by atoms with E-state index in [-0.39, 0.29) is 23.2 Å². The van der Waals surface area contributed by atoms with E-state index in [0.29, 0.717) is 16.0 Å². The molecule has 3 heterocycles. The predicted octanol–water partition coefficient (Wildman–Crippen LogP) is 6.03. The van der Waals surface area contributed by atoms with Crippen LogP contribution in [0.4, 0.5) is 10.2 Å². The van der Waals surface area contributed by atoms with E-state index in [1.165, 1.54) is 18.2 Å². The number of hydrogen-bond donors (Lipinski definition) is 2. The Balaban J connectivity index is 1.91. The molecule has 2 spiro atoms. The van der Waals surface area contributed by atoms with Crippen LogP contribution >= 0.6 is 23.2 Å². The van der Waals surface area contributed by atoms with Crippen LogP contribution in [0, 0.1) is 11.3 Å². The van der Waals surface area contributed by atoms with Crippen LogP contribution in [0.15, 0.2) is 47.8 Å². The Kier molecular flexibility index (Phi) is 5.60. The highest BCUT2D eigenvalue weighted by Gasteiger charge is 2.71. The first-order valence-corrected chi connectivity index (χ1v) is 11.4. The smallest absolute Gasteiger partial charge is 0.239 e. The second kappa shape index (κ2) is 7.72. The Labute approximate surface area is 193 Å². The highest BCUT2D eigenvalue weighted by molar-refractivity contribution is 6.30. The second-order valence-corrected chi connectivity index (χ2v) is 10.7. The van der Waals surface area contributed by atoms with Crippen molar-refractivity contribution in [2.24, 2.45) is 11.3 Å². The first-order valence-electron chi connectivity index (χ1n) is 10.7. The van der Waals surface area contributed by atoms with Gasteiger partial charge in [0.1, 0.15) is 22.2 Å². The van der Waals surface area contributed by atoms with Crippen LogP contribution in [-0.2, 0) is 10.2 Å². The Hall–Kier alpha value is -1.69. The van der Waals surface area contributed by atoms with Gasteiger partial charge in [0.2, 0.25) is 5.91 Å². The number of anilines is 1. The molecule has 0 radical (unpaired) electrons. The van der Waals surface area contributed by atoms with Crippen molar-refractivity contribution >= 4 is 34.9 Å². The Morgan fingerprint density at radius 3 is 2.61 bits per heavy atom. The molecule has 1 aromatic rings. The molecule has 0 unspecified atom stereocenters. The van der Waals surface area contributed by atoms with Gasteiger partial charge in [0.25, 0.3) is 0 Å². The van der Waals surface area contributed by atoms with Crippen molar-refractivity contribution in [3.05, 3.63) is 58.5 Å². The molecular weight excluding hydrogens is 436 g/mol. The summed E-state index contributed by atoms with van der Waals surface area (Å²) in [5.41, 5.74) is -0.772. The zero-order valence-corrected chi connectivity index (χ0v) is 19.6. The maximum absolute atomic E-state index is 15.8. The number of pyridine rings is 1. The summed E-state index contributed by atoms with van der Waals surface area (Å²) in [6, 6.07) is 3.26. The molecule has 1 saturated carbocycles. The van der Waals surface area contributed by atoms with E-state index >= 15 is 4.39 Å². The van der Waals surface area contributed by atoms with Gasteiger partial charge in [-0.3, -0.25) is 4.79 Å². The van der Waals surface area contributed by atoms with Crippen molar-refractivity contribution in [2.75, 3.05) is 5.32 Å². The number of rotatable bonds is 3. The highest BCUT2D eigenvalue weighted by atomic mass is 35.5. The first kappa shape index (κ1) is 22.5. The summed E-state index contributed by atoms with van der Waals surface area (Å²) in [6.45, 7) is 10.0. The summed E-state index contributed by atoms with van der Waals surface area (Å²) in [5, 5.41) is 7.21. The number of aromatic nitrogens is 1. The van der Waals surface area contributed by atoms with Crippen molar-refractivity contribution in [3.63, 3.8) is 0 Å². The Bertz CT molecular complexity index is 993. The van der Waals surface area contributed by atoms with Crippen LogP contribution in [0.1, 0.15) is 52.0 Å². The third-order valence-electron chi connectivity index (χ3n) is 7.39. The van der Waals surface area contributed by atoms with Crippen molar-refractivity contribution in [3.8, 4) is 0 Å². The minimum absolute atomic E-state index is 0.184. The van der Waals surface area contributed by atoms with Gasteiger partial charge < -0.3 is 10.6 Å². The molecular formula is C24H28Cl2FN3O. The maximum atomic E-state index is 15.8. The number of halogens is 3. The van der Waals surface area contributed by atoms with E-state index in [2.05, 4.69) is 36.0 Å². The topological polar surface area (TPSA) is 54.0 Å². The van der Waals surface area contributed by atoms with Crippen LogP contribution < -0.4 is 10.6 Å². The number of carbonyl (C=O) groups is 1. The van der Waals surface area contributed by atoms with E-state index in [1.807, 2.05) is 13.0 Å². The SMILES string of the molecule is C=C(Cl)/C=C\C=C(/F)[C@H]1[C@H](C)NC2(CCC(C)(C)CC2)[C@@]12C(=O)Nc1nc(Cl)ccc12. The lowest BCUT2D eigenvalue weighted by Crippen LogP contribution is -2.61. The minimum Gasteiger partial charge on any atom is -0.310 e. The second-order valence-electron chi connectivity index (χ2n) is 9.81. The highest BCUT2D eigenvalue weighted by Crippen LogP contribution is 2.62. The monoisotopic (exact) mass is 463 g/mol. The molecule has 1 amide bonds. The van der Waals surface area contributed by atoms with Gasteiger partial charge in [0.05, 0.1) is 0 Å². The molecule has 0 bridgehead atoms. The molecule has 1 saturated heterocycles. The van der Waals surface area contributed by atoms with Crippen molar-refractivity contribution < 1.29 is 9.18 Å². The summed E-state index contributed by atoms with van der Waals surface area (Å²) in [4.78, 5) is 18.1. The van der Waals surface area contributed by atoms with Crippen LogP contribution in [0.2, 0.25) is 5.15 Å². The quantitative estimate of drug-likeness (QED) is 0.424. The standard InChI is InChI=1S/C24H28Cl2FN3O/c1-14(25)6-5-7-17(27)19-15(2)30-23(12-10-22(3,4)11-13-23)24(19)16-8-9-18(26)28-20(16)29-21(24)31/h5-9,15,19,30H,1,10-13H2,2-4H3,(H,28,29,31)/b6-5-,17-7-/t15-,19+,24+/m0/s1. The normalized spacial score (nSPS) is 31.4. The molecule has 3 atom stereocenters. The molecule has 31 heavy (non-hydrogen) atoms. The van der Waals surface area contributed by atoms with Crippen molar-refractivity contribution in [1.82, 2.24) is 10.3 Å². The number of allylic oxidation sites excluding steroid dienone is 4. The summed E-state index contributed by atoms with van der Waals surface area (Å²) in [7, 11) is 0. The maximum Gasteiger partial charge on any atom is 0.239 e. The third-order valence-corrected chi connectivity index (χ3v) is 7.72. The fraction of sp³-hybridized carbons (Fsp3) is 0.500. The van der Waals surface area contributed by atoms with Gasteiger partial charge in [-0.15, -0.1) is 0 Å². The number of nitrogens with zero attached hydrogens (tertiary/aromatic N) is 1. The van der Waals surface area contributed by atoms with Gasteiger partial charge in [-0.2, -0.15) is 0 Å². The molecule has 3 aliphatic rings. The molecule has 4 rings (SSSR count). The van der Waals surface area contributed by atoms with Crippen LogP contribution in [0.25, 0.3) is 0 Å². The summed E-state index contributed by atoms with van der Waals surface area (Å²) < 4.78 is 15.8. The summed E-state index contributed by atoms with van der Waals surface area (Å²) in [5.74, 6) is -0.840. The van der Waals surface area contributed by atoms with Gasteiger partial charge in [0, 0.05) is 28.1 Å². The van der Waals surface area contributed by atoms with Gasteiger partial charge in [-0.05, 0) is 56.2 Å². The predicted molar refractivity (Wildman–Crippen MR) is 124 cm³/mol. The van der Waals surface area contributed by atoms with Crippen LogP contribution in [0.5, 0.6) is 0 Å². The van der Waals surface area contributed by atoms with Gasteiger partial charge in [0.15, 0.2) is 0 Å². The Morgan fingerprint density at radius 1 is 1.29 bits per heavy atom. The zero-order chi connectivity index (χ0) is 22.6. The fourth-order valence-electron chi connectivity index (χ4n) is 5.95. The van der Waals surface area contributed by atoms with E-state index in [1.54, 1.807) is 6.07 Å². The summed E-state index contributed by atoms with van der Waals surface area (Å²) >= 11 is 11.9. The van der Waals surface area contributed by atoms with Crippen molar-refractivity contribution in [2.45, 2.75) is 63.5 Å². The van der Waals surface area contributed by atoms with Crippen LogP contribution in [-0.4, -0.2) is 22.5 Å². The minimum atomic E-state index is -1.11. The number of fused-ring (bicyclic) bond motifs is 3. The lowest BCUT2D eigenvalue weighted by atomic mass is 9.54. The molecule has 2 fully saturated rings. The van der Waals surface area contributed by atoms with Gasteiger partial charge in [-0.25, -0.2) is 9.37 Å². The van der Waals surface area contributed by atoms with E-state index in [9.17, 15) is 4.79 Å². The fourth-order valence-corrected chi connectivity index (χ4v) is 6.17. The molecule has 1 aromatic heterocycles. The third kappa shape index (κ3) is 3.46. The zero-order valence-electron chi connectivity index (χ0n) is 18.1. The molecule has 7 heteroatoms. The van der Waals surface area contributed by atoms with E-state index in [4.69, 9.17) is 23.2 Å². The Morgan fingerprint density at radius 2 is 1.97 bits per heavy atom. The molecule has 4 nitrogen and oxygen atoms in total. The number of hydrogen-bond acceptors (Lipinski definition) is 3. The molecule has 2 aliphatic heterocycles. The summed E-state index contributed by atoms with van der Waals surface area (Å²) in [6.07, 6.45) is 7.90. The lowest BCUT2D eigenvalue weighted by Gasteiger charge is -2.50. The van der Waals surface area contributed by atoms with E-state index in [0.717, 1.165) is 31.2 Å². The average molecular weight is 464 g/mol. The molecule has 2 N–H and O–H groups in total. The lowest BCUT2D eigenvalue weighted by molar-refractivity contribution is -0.125. The molecule has 0 aromatic carbocycles. The van der Waals surface area contributed by atoms with E-state index < -0.39 is 16.9 Å². The largest absolute Gasteiger partial charge is 0.310 e. The number of carbonyl (C=O) groups excluding carboxylic acids is 1. The van der Waals surface area contributed by atoms with Gasteiger partial charge >= 0.3 is 0 Å². The number of amides is 1. The first-order chi connectivity index (χ1) is 14.5. The van der Waals surface area contributed by atoms with Gasteiger partial charge in [-0.1, -0.05) is 55.8 Å². The van der Waals surface area contributed by atoms with Crippen molar-refractivity contribution in [1.29, 1.82) is 0 Å². The molecule has 166 valence electrons.